The number of hydrogen-bond donors (Lipinski definition) is 2. The smallest absolute Gasteiger partial charge is 0.262 e. The van der Waals surface area contributed by atoms with Gasteiger partial charge in [0.15, 0.2) is 0 Å². The average Bonchev–Trinajstić information content (AvgIpc) is 2.68. The summed E-state index contributed by atoms with van der Waals surface area (Å²) in [6.45, 7) is 3.34. The fourth-order valence-electron chi connectivity index (χ4n) is 2.92. The van der Waals surface area contributed by atoms with Crippen molar-refractivity contribution < 1.29 is 13.2 Å². The lowest BCUT2D eigenvalue weighted by Crippen LogP contribution is -2.43. The molecule has 0 atom stereocenters. The predicted molar refractivity (Wildman–Crippen MR) is 114 cm³/mol. The van der Waals surface area contributed by atoms with Gasteiger partial charge in [-0.25, -0.2) is 8.42 Å². The second-order valence-electron chi connectivity index (χ2n) is 5.88. The van der Waals surface area contributed by atoms with Gasteiger partial charge in [0.05, 0.1) is 23.4 Å². The second kappa shape index (κ2) is 9.54. The fourth-order valence-corrected chi connectivity index (χ4v) is 4.64. The van der Waals surface area contributed by atoms with E-state index < -0.39 is 10.0 Å². The quantitative estimate of drug-likeness (QED) is 0.688. The Morgan fingerprint density at radius 1 is 1.15 bits per heavy atom. The van der Waals surface area contributed by atoms with Gasteiger partial charge in [-0.2, -0.15) is 0 Å². The van der Waals surface area contributed by atoms with E-state index in [1.807, 2.05) is 24.5 Å². The lowest BCUT2D eigenvalue weighted by molar-refractivity contribution is 0.412. The monoisotopic (exact) mass is 429 g/mol. The number of anilines is 2. The van der Waals surface area contributed by atoms with Gasteiger partial charge in [0, 0.05) is 31.1 Å². The molecule has 0 bridgehead atoms. The lowest BCUT2D eigenvalue weighted by Gasteiger charge is -2.30. The Kier molecular flexibility index (Phi) is 7.67. The molecule has 2 N–H and O–H groups in total. The minimum atomic E-state index is -3.69. The van der Waals surface area contributed by atoms with Crippen LogP contribution in [-0.4, -0.2) is 48.0 Å². The van der Waals surface area contributed by atoms with Crippen molar-refractivity contribution in [3.63, 3.8) is 0 Å². The number of ether oxygens (including phenoxy) is 1. The molecule has 2 aromatic rings. The highest BCUT2D eigenvalue weighted by Gasteiger charge is 2.21. The van der Waals surface area contributed by atoms with Gasteiger partial charge >= 0.3 is 0 Å². The van der Waals surface area contributed by atoms with Gasteiger partial charge in [0.1, 0.15) is 5.75 Å². The van der Waals surface area contributed by atoms with E-state index in [0.29, 0.717) is 11.4 Å². The van der Waals surface area contributed by atoms with Crippen LogP contribution < -0.4 is 19.7 Å². The van der Waals surface area contributed by atoms with E-state index in [2.05, 4.69) is 14.9 Å². The Hall–Kier alpha value is -1.61. The molecule has 0 aliphatic carbocycles. The SMILES string of the molecule is COc1ccc(S(=O)(=O)Nc2ccccc2SC)cc1N1CCNCC1.Cl. The molecule has 0 aromatic heterocycles. The van der Waals surface area contributed by atoms with Crippen LogP contribution in [0.15, 0.2) is 52.3 Å². The molecule has 1 aliphatic rings. The maximum atomic E-state index is 12.9. The largest absolute Gasteiger partial charge is 0.495 e. The fraction of sp³-hybridized carbons (Fsp3) is 0.333. The molecule has 0 spiro atoms. The normalized spacial score (nSPS) is 14.4. The molecule has 148 valence electrons. The lowest BCUT2D eigenvalue weighted by atomic mass is 10.2. The van der Waals surface area contributed by atoms with E-state index in [4.69, 9.17) is 4.74 Å². The van der Waals surface area contributed by atoms with Crippen LogP contribution in [0.5, 0.6) is 5.75 Å². The van der Waals surface area contributed by atoms with Crippen LogP contribution in [0.3, 0.4) is 0 Å². The minimum absolute atomic E-state index is 0. The third-order valence-electron chi connectivity index (χ3n) is 4.27. The summed E-state index contributed by atoms with van der Waals surface area (Å²) in [5.41, 5.74) is 1.38. The average molecular weight is 430 g/mol. The Morgan fingerprint density at radius 2 is 1.85 bits per heavy atom. The molecule has 1 saturated heterocycles. The molecule has 1 heterocycles. The molecular weight excluding hydrogens is 406 g/mol. The topological polar surface area (TPSA) is 70.7 Å². The van der Waals surface area contributed by atoms with Crippen molar-refractivity contribution in [2.24, 2.45) is 0 Å². The Labute approximate surface area is 171 Å². The third kappa shape index (κ3) is 5.01. The van der Waals surface area contributed by atoms with Gasteiger partial charge in [-0.3, -0.25) is 4.72 Å². The molecule has 0 unspecified atom stereocenters. The zero-order valence-electron chi connectivity index (χ0n) is 15.3. The number of halogens is 1. The number of nitrogens with zero attached hydrogens (tertiary/aromatic N) is 1. The van der Waals surface area contributed by atoms with Crippen LogP contribution in [0.25, 0.3) is 0 Å². The zero-order valence-corrected chi connectivity index (χ0v) is 17.7. The van der Waals surface area contributed by atoms with E-state index >= 15 is 0 Å². The van der Waals surface area contributed by atoms with Gasteiger partial charge in [0.25, 0.3) is 10.0 Å². The maximum absolute atomic E-state index is 12.9. The first-order valence-electron chi connectivity index (χ1n) is 8.34. The highest BCUT2D eigenvalue weighted by atomic mass is 35.5. The van der Waals surface area contributed by atoms with Crippen molar-refractivity contribution in [2.75, 3.05) is 49.2 Å². The molecule has 1 fully saturated rings. The van der Waals surface area contributed by atoms with Crippen molar-refractivity contribution in [1.82, 2.24) is 5.32 Å². The second-order valence-corrected chi connectivity index (χ2v) is 8.41. The van der Waals surface area contributed by atoms with Gasteiger partial charge in [-0.15, -0.1) is 24.2 Å². The molecule has 6 nitrogen and oxygen atoms in total. The first kappa shape index (κ1) is 21.7. The van der Waals surface area contributed by atoms with Gasteiger partial charge in [0.2, 0.25) is 0 Å². The summed E-state index contributed by atoms with van der Waals surface area (Å²) in [7, 11) is -2.09. The van der Waals surface area contributed by atoms with Gasteiger partial charge in [-0.1, -0.05) is 12.1 Å². The Bertz CT molecular complexity index is 872. The van der Waals surface area contributed by atoms with Gasteiger partial charge < -0.3 is 15.0 Å². The van der Waals surface area contributed by atoms with Crippen molar-refractivity contribution in [2.45, 2.75) is 9.79 Å². The number of hydrogen-bond acceptors (Lipinski definition) is 6. The highest BCUT2D eigenvalue weighted by molar-refractivity contribution is 7.99. The number of nitrogens with one attached hydrogen (secondary N) is 2. The molecular formula is C18H24ClN3O3S2. The molecule has 9 heteroatoms. The van der Waals surface area contributed by atoms with Crippen LogP contribution in [0.4, 0.5) is 11.4 Å². The summed E-state index contributed by atoms with van der Waals surface area (Å²) < 4.78 is 34.0. The number of rotatable bonds is 6. The first-order chi connectivity index (χ1) is 12.5. The predicted octanol–water partition coefficient (Wildman–Crippen LogP) is 3.05. The number of methoxy groups -OCH3 is 1. The summed E-state index contributed by atoms with van der Waals surface area (Å²) >= 11 is 1.50. The van der Waals surface area contributed by atoms with E-state index in [-0.39, 0.29) is 17.3 Å². The molecule has 27 heavy (non-hydrogen) atoms. The zero-order chi connectivity index (χ0) is 18.6. The summed E-state index contributed by atoms with van der Waals surface area (Å²) in [5.74, 6) is 0.676. The van der Waals surface area contributed by atoms with Crippen LogP contribution in [-0.2, 0) is 10.0 Å². The summed E-state index contributed by atoms with van der Waals surface area (Å²) in [6, 6.07) is 12.3. The van der Waals surface area contributed by atoms with Crippen molar-refractivity contribution in [3.05, 3.63) is 42.5 Å². The third-order valence-corrected chi connectivity index (χ3v) is 6.43. The van der Waals surface area contributed by atoms with Crippen LogP contribution >= 0.6 is 24.2 Å². The van der Waals surface area contributed by atoms with Crippen LogP contribution in [0.1, 0.15) is 0 Å². The number of sulfonamides is 1. The van der Waals surface area contributed by atoms with Gasteiger partial charge in [-0.05, 0) is 36.6 Å². The molecule has 0 amide bonds. The van der Waals surface area contributed by atoms with E-state index in [9.17, 15) is 8.42 Å². The number of thioether (sulfide) groups is 1. The molecule has 2 aromatic carbocycles. The first-order valence-corrected chi connectivity index (χ1v) is 11.1. The van der Waals surface area contributed by atoms with E-state index in [0.717, 1.165) is 36.8 Å². The van der Waals surface area contributed by atoms with Crippen LogP contribution in [0, 0.1) is 0 Å². The molecule has 0 saturated carbocycles. The number of para-hydroxylation sites is 1. The minimum Gasteiger partial charge on any atom is -0.495 e. The van der Waals surface area contributed by atoms with Crippen molar-refractivity contribution in [1.29, 1.82) is 0 Å². The standard InChI is InChI=1S/C18H23N3O3S2.ClH/c1-24-17-8-7-14(13-16(17)21-11-9-19-10-12-21)26(22,23)20-15-5-3-4-6-18(15)25-2;/h3-8,13,19-20H,9-12H2,1-2H3;1H. The maximum Gasteiger partial charge on any atom is 0.262 e. The molecule has 3 rings (SSSR count). The Morgan fingerprint density at radius 3 is 2.52 bits per heavy atom. The van der Waals surface area contributed by atoms with Crippen molar-refractivity contribution >= 4 is 45.6 Å². The van der Waals surface area contributed by atoms with Crippen LogP contribution in [0.2, 0.25) is 0 Å². The number of piperazine rings is 1. The molecule has 1 aliphatic heterocycles. The van der Waals surface area contributed by atoms with E-state index in [1.165, 1.54) is 11.8 Å². The van der Waals surface area contributed by atoms with E-state index in [1.54, 1.807) is 31.4 Å². The molecule has 0 radical (unpaired) electrons. The summed E-state index contributed by atoms with van der Waals surface area (Å²) in [5, 5.41) is 3.30. The highest BCUT2D eigenvalue weighted by Crippen LogP contribution is 2.33. The summed E-state index contributed by atoms with van der Waals surface area (Å²) in [4.78, 5) is 3.25. The summed E-state index contributed by atoms with van der Waals surface area (Å²) in [6.07, 6.45) is 1.92. The Balaban J connectivity index is 0.00000261. The van der Waals surface area contributed by atoms with Crippen molar-refractivity contribution in [3.8, 4) is 5.75 Å². The number of benzene rings is 2.